The summed E-state index contributed by atoms with van der Waals surface area (Å²) in [5.41, 5.74) is -0.564. The fourth-order valence-electron chi connectivity index (χ4n) is 3.82. The minimum Gasteiger partial charge on any atom is -0.506 e. The van der Waals surface area contributed by atoms with E-state index in [1.807, 2.05) is 0 Å². The molecule has 1 aliphatic rings. The average molecular weight is 376 g/mol. The molecular formula is C19H26N3O5+. The van der Waals surface area contributed by atoms with Gasteiger partial charge in [0.1, 0.15) is 17.4 Å². The lowest BCUT2D eigenvalue weighted by Gasteiger charge is -2.20. The Morgan fingerprint density at radius 2 is 2.04 bits per heavy atom. The maximum atomic E-state index is 12.6. The van der Waals surface area contributed by atoms with Gasteiger partial charge in [-0.2, -0.15) is 0 Å². The molecule has 0 spiro atoms. The number of ether oxygens (including phenoxy) is 2. The third-order valence-corrected chi connectivity index (χ3v) is 5.31. The van der Waals surface area contributed by atoms with Gasteiger partial charge in [-0.25, -0.2) is 0 Å². The Morgan fingerprint density at radius 3 is 2.70 bits per heavy atom. The van der Waals surface area contributed by atoms with Crippen molar-refractivity contribution in [2.45, 2.75) is 25.8 Å². The number of hydrogen-bond donors (Lipinski definition) is 4. The van der Waals surface area contributed by atoms with Gasteiger partial charge in [0.05, 0.1) is 39.4 Å². The van der Waals surface area contributed by atoms with Gasteiger partial charge in [0.15, 0.2) is 11.5 Å². The predicted octanol–water partition coefficient (Wildman–Crippen LogP) is 0.0479. The van der Waals surface area contributed by atoms with Crippen molar-refractivity contribution in [1.82, 2.24) is 10.3 Å². The molecule has 146 valence electrons. The summed E-state index contributed by atoms with van der Waals surface area (Å²) in [5, 5.41) is 13.7. The van der Waals surface area contributed by atoms with Gasteiger partial charge in [-0.05, 0) is 13.0 Å². The van der Waals surface area contributed by atoms with Gasteiger partial charge >= 0.3 is 0 Å². The topological polar surface area (TPSA) is 105 Å². The van der Waals surface area contributed by atoms with Crippen LogP contribution in [0, 0.1) is 0 Å². The molecule has 3 rings (SSSR count). The van der Waals surface area contributed by atoms with Crippen LogP contribution in [0.2, 0.25) is 0 Å². The Morgan fingerprint density at radius 1 is 1.33 bits per heavy atom. The maximum Gasteiger partial charge on any atom is 0.265 e. The molecule has 1 unspecified atom stereocenters. The van der Waals surface area contributed by atoms with Crippen LogP contribution in [-0.2, 0) is 0 Å². The number of aromatic nitrogens is 1. The van der Waals surface area contributed by atoms with Gasteiger partial charge in [-0.1, -0.05) is 0 Å². The number of pyridine rings is 1. The molecule has 1 aromatic heterocycles. The second-order valence-corrected chi connectivity index (χ2v) is 6.74. The Hall–Kier alpha value is -2.74. The van der Waals surface area contributed by atoms with E-state index in [4.69, 9.17) is 9.47 Å². The van der Waals surface area contributed by atoms with Crippen LogP contribution in [-0.4, -0.2) is 55.9 Å². The van der Waals surface area contributed by atoms with Crippen LogP contribution >= 0.6 is 0 Å². The smallest absolute Gasteiger partial charge is 0.265 e. The second-order valence-electron chi connectivity index (χ2n) is 6.74. The first kappa shape index (κ1) is 19.0. The number of quaternary nitrogens is 1. The number of H-pyrrole nitrogens is 1. The fraction of sp³-hybridized carbons (Fsp3) is 0.474. The number of methoxy groups -OCH3 is 2. The summed E-state index contributed by atoms with van der Waals surface area (Å²) in [7, 11) is 2.96. The third-order valence-electron chi connectivity index (χ3n) is 5.31. The van der Waals surface area contributed by atoms with Crippen LogP contribution in [0.5, 0.6) is 17.2 Å². The highest BCUT2D eigenvalue weighted by Crippen LogP contribution is 2.35. The summed E-state index contributed by atoms with van der Waals surface area (Å²) in [5.74, 6) is -0.126. The molecule has 8 heteroatoms. The molecule has 1 amide bonds. The Kier molecular flexibility index (Phi) is 5.55. The van der Waals surface area contributed by atoms with E-state index in [2.05, 4.69) is 17.2 Å². The van der Waals surface area contributed by atoms with Gasteiger partial charge in [-0.15, -0.1) is 0 Å². The number of likely N-dealkylation sites (N-methyl/N-ethyl adjacent to an activating group) is 1. The number of likely N-dealkylation sites (tertiary alicyclic amines) is 1. The normalized spacial score (nSPS) is 19.2. The van der Waals surface area contributed by atoms with Crippen molar-refractivity contribution in [3.63, 3.8) is 0 Å². The third kappa shape index (κ3) is 3.57. The molecule has 2 aromatic rings. The first-order chi connectivity index (χ1) is 13.0. The largest absolute Gasteiger partial charge is 0.506 e. The quantitative estimate of drug-likeness (QED) is 0.570. The molecule has 1 aromatic carbocycles. The molecule has 2 heterocycles. The first-order valence-electron chi connectivity index (χ1n) is 9.13. The molecule has 0 aliphatic carbocycles. The van der Waals surface area contributed by atoms with Crippen LogP contribution in [0.1, 0.15) is 30.1 Å². The molecule has 4 N–H and O–H groups in total. The van der Waals surface area contributed by atoms with Gasteiger partial charge in [0, 0.05) is 24.3 Å². The van der Waals surface area contributed by atoms with E-state index in [-0.39, 0.29) is 11.3 Å². The number of carbonyl (C=O) groups is 1. The molecule has 2 atom stereocenters. The standard InChI is InChI=1S/C19H25N3O5/c1-4-22-7-5-6-11(22)10-20-18(24)16-17(23)12-8-14(26-2)15(27-3)9-13(12)21-19(16)25/h8-9,11H,4-7,10H2,1-3H3,(H,20,24)(H2,21,23,25)/p+1/t11-/m1/s1. The van der Waals surface area contributed by atoms with Gasteiger partial charge in [0.2, 0.25) is 0 Å². The molecule has 1 saturated heterocycles. The van der Waals surface area contributed by atoms with E-state index in [0.717, 1.165) is 25.9 Å². The van der Waals surface area contributed by atoms with E-state index in [1.54, 1.807) is 6.07 Å². The zero-order valence-corrected chi connectivity index (χ0v) is 15.8. The summed E-state index contributed by atoms with van der Waals surface area (Å²) in [6, 6.07) is 3.43. The lowest BCUT2D eigenvalue weighted by molar-refractivity contribution is -0.909. The summed E-state index contributed by atoms with van der Waals surface area (Å²) >= 11 is 0. The number of aromatic amines is 1. The minimum absolute atomic E-state index is 0.286. The maximum absolute atomic E-state index is 12.6. The molecule has 0 radical (unpaired) electrons. The lowest BCUT2D eigenvalue weighted by atomic mass is 10.1. The van der Waals surface area contributed by atoms with E-state index in [9.17, 15) is 14.7 Å². The van der Waals surface area contributed by atoms with Crippen molar-refractivity contribution in [3.8, 4) is 17.2 Å². The predicted molar refractivity (Wildman–Crippen MR) is 101 cm³/mol. The lowest BCUT2D eigenvalue weighted by Crippen LogP contribution is -3.14. The Bertz CT molecular complexity index is 908. The number of rotatable bonds is 6. The summed E-state index contributed by atoms with van der Waals surface area (Å²) in [4.78, 5) is 29.1. The van der Waals surface area contributed by atoms with Gasteiger partial charge in [-0.3, -0.25) is 9.59 Å². The van der Waals surface area contributed by atoms with Crippen LogP contribution < -0.4 is 25.2 Å². The molecule has 0 bridgehead atoms. The van der Waals surface area contributed by atoms with Crippen LogP contribution in [0.15, 0.2) is 16.9 Å². The van der Waals surface area contributed by atoms with Crippen LogP contribution in [0.25, 0.3) is 10.9 Å². The van der Waals surface area contributed by atoms with Crippen molar-refractivity contribution in [3.05, 3.63) is 28.0 Å². The van der Waals surface area contributed by atoms with Crippen LogP contribution in [0.4, 0.5) is 0 Å². The highest BCUT2D eigenvalue weighted by Gasteiger charge is 2.28. The Balaban J connectivity index is 1.91. The van der Waals surface area contributed by atoms with Crippen molar-refractivity contribution in [1.29, 1.82) is 0 Å². The SMILES string of the molecule is CC[NH+]1CCC[C@@H]1CNC(=O)c1c(O)c2cc(OC)c(OC)cc2[nH]c1=O. The summed E-state index contributed by atoms with van der Waals surface area (Å²) < 4.78 is 10.4. The average Bonchev–Trinajstić information content (AvgIpc) is 3.13. The number of carbonyl (C=O) groups excluding carboxylic acids is 1. The highest BCUT2D eigenvalue weighted by molar-refractivity contribution is 6.02. The van der Waals surface area contributed by atoms with E-state index in [1.165, 1.54) is 25.2 Å². The zero-order valence-electron chi connectivity index (χ0n) is 15.8. The number of benzene rings is 1. The Labute approximate surface area is 157 Å². The number of amides is 1. The number of fused-ring (bicyclic) bond motifs is 1. The zero-order chi connectivity index (χ0) is 19.6. The number of aromatic hydroxyl groups is 1. The first-order valence-corrected chi connectivity index (χ1v) is 9.13. The summed E-state index contributed by atoms with van der Waals surface area (Å²) in [6.45, 7) is 4.70. The van der Waals surface area contributed by atoms with Crippen molar-refractivity contribution >= 4 is 16.8 Å². The fourth-order valence-corrected chi connectivity index (χ4v) is 3.82. The van der Waals surface area contributed by atoms with E-state index in [0.29, 0.717) is 35.0 Å². The highest BCUT2D eigenvalue weighted by atomic mass is 16.5. The van der Waals surface area contributed by atoms with Crippen molar-refractivity contribution in [2.75, 3.05) is 33.9 Å². The number of nitrogens with one attached hydrogen (secondary N) is 3. The summed E-state index contributed by atoms with van der Waals surface area (Å²) in [6.07, 6.45) is 2.17. The monoisotopic (exact) mass is 376 g/mol. The second kappa shape index (κ2) is 7.87. The molecular weight excluding hydrogens is 350 g/mol. The molecule has 0 saturated carbocycles. The van der Waals surface area contributed by atoms with Gasteiger partial charge < -0.3 is 29.8 Å². The minimum atomic E-state index is -0.643. The van der Waals surface area contributed by atoms with Crippen molar-refractivity contribution < 1.29 is 24.3 Å². The van der Waals surface area contributed by atoms with E-state index < -0.39 is 11.5 Å². The number of hydrogen-bond acceptors (Lipinski definition) is 5. The van der Waals surface area contributed by atoms with Gasteiger partial charge in [0.25, 0.3) is 11.5 Å². The van der Waals surface area contributed by atoms with Crippen molar-refractivity contribution in [2.24, 2.45) is 0 Å². The molecule has 1 aliphatic heterocycles. The molecule has 27 heavy (non-hydrogen) atoms. The van der Waals surface area contributed by atoms with E-state index >= 15 is 0 Å². The molecule has 1 fully saturated rings. The molecule has 8 nitrogen and oxygen atoms in total. The van der Waals surface area contributed by atoms with Crippen LogP contribution in [0.3, 0.4) is 0 Å².